The summed E-state index contributed by atoms with van der Waals surface area (Å²) in [5.41, 5.74) is 6.29. The Kier molecular flexibility index (Phi) is 5.12. The van der Waals surface area contributed by atoms with E-state index in [4.69, 9.17) is 4.98 Å². The molecule has 0 saturated carbocycles. The number of nitrogens with zero attached hydrogens (tertiary/aromatic N) is 1. The zero-order valence-corrected chi connectivity index (χ0v) is 19.7. The predicted octanol–water partition coefficient (Wildman–Crippen LogP) is 7.38. The van der Waals surface area contributed by atoms with Crippen LogP contribution in [0.2, 0.25) is 0 Å². The molecule has 28 heavy (non-hydrogen) atoms. The van der Waals surface area contributed by atoms with Crippen LogP contribution in [-0.2, 0) is 20.6 Å². The molecular formula is C25H35NOP+. The first kappa shape index (κ1) is 21.2. The first-order valence-electron chi connectivity index (χ1n) is 10.5. The van der Waals surface area contributed by atoms with E-state index in [9.17, 15) is 4.57 Å². The normalized spacial score (nSPS) is 19.6. The molecule has 3 heteroatoms. The smallest absolute Gasteiger partial charge is 0.248 e. The third-order valence-electron chi connectivity index (χ3n) is 8.43. The van der Waals surface area contributed by atoms with Gasteiger partial charge in [0, 0.05) is 5.56 Å². The zero-order valence-electron chi connectivity index (χ0n) is 18.7. The highest BCUT2D eigenvalue weighted by Gasteiger charge is 2.56. The summed E-state index contributed by atoms with van der Waals surface area (Å²) in [7, 11) is -0.380. The minimum atomic E-state index is -0.380. The van der Waals surface area contributed by atoms with Crippen LogP contribution in [0.15, 0.2) is 36.4 Å². The number of aromatic nitrogens is 1. The van der Waals surface area contributed by atoms with Crippen molar-refractivity contribution in [1.82, 2.24) is 4.98 Å². The van der Waals surface area contributed by atoms with Crippen molar-refractivity contribution in [3.63, 3.8) is 0 Å². The Bertz CT molecular complexity index is 907. The predicted molar refractivity (Wildman–Crippen MR) is 121 cm³/mol. The van der Waals surface area contributed by atoms with Gasteiger partial charge in [-0.05, 0) is 58.4 Å². The summed E-state index contributed by atoms with van der Waals surface area (Å²) in [5.74, 6) is 0. The second-order valence-electron chi connectivity index (χ2n) is 9.93. The minimum Gasteiger partial charge on any atom is -0.248 e. The summed E-state index contributed by atoms with van der Waals surface area (Å²) < 4.78 is 12.0. The van der Waals surface area contributed by atoms with Gasteiger partial charge in [0.15, 0.2) is 0 Å². The van der Waals surface area contributed by atoms with E-state index in [1.807, 2.05) is 6.07 Å². The van der Waals surface area contributed by atoms with E-state index in [2.05, 4.69) is 85.7 Å². The molecular weight excluding hydrogens is 361 g/mol. The molecule has 150 valence electrons. The van der Waals surface area contributed by atoms with Gasteiger partial charge in [-0.15, -0.1) is 0 Å². The fourth-order valence-electron chi connectivity index (χ4n) is 4.89. The molecule has 3 rings (SSSR count). The molecule has 2 nitrogen and oxygen atoms in total. The molecule has 0 N–H and O–H groups in total. The van der Waals surface area contributed by atoms with Gasteiger partial charge in [-0.3, -0.25) is 0 Å². The van der Waals surface area contributed by atoms with Crippen LogP contribution in [0.5, 0.6) is 0 Å². The summed E-state index contributed by atoms with van der Waals surface area (Å²) in [6.07, 6.45) is 1.67. The van der Waals surface area contributed by atoms with Gasteiger partial charge in [-0.25, -0.2) is 4.98 Å². The molecule has 0 spiro atoms. The van der Waals surface area contributed by atoms with Crippen LogP contribution in [0.4, 0.5) is 0 Å². The average molecular weight is 397 g/mol. The van der Waals surface area contributed by atoms with Crippen molar-refractivity contribution >= 4 is 8.46 Å². The Morgan fingerprint density at radius 2 is 1.50 bits per heavy atom. The Balaban J connectivity index is 2.15. The second kappa shape index (κ2) is 6.77. The van der Waals surface area contributed by atoms with Gasteiger partial charge >= 0.3 is 8.46 Å². The highest BCUT2D eigenvalue weighted by atomic mass is 31.1. The molecule has 0 radical (unpaired) electrons. The van der Waals surface area contributed by atoms with Gasteiger partial charge in [0.25, 0.3) is 0 Å². The Morgan fingerprint density at radius 3 is 2.07 bits per heavy atom. The molecule has 0 aliphatic heterocycles. The van der Waals surface area contributed by atoms with E-state index in [0.717, 1.165) is 29.8 Å². The fourth-order valence-corrected chi connectivity index (χ4v) is 5.42. The molecule has 0 saturated heterocycles. The summed E-state index contributed by atoms with van der Waals surface area (Å²) in [4.78, 5) is 4.98. The van der Waals surface area contributed by atoms with Crippen molar-refractivity contribution in [3.05, 3.63) is 53.2 Å². The van der Waals surface area contributed by atoms with Crippen LogP contribution >= 0.6 is 8.46 Å². The first-order valence-corrected chi connectivity index (χ1v) is 11.4. The molecule has 0 amide bonds. The van der Waals surface area contributed by atoms with Crippen molar-refractivity contribution < 1.29 is 4.57 Å². The third-order valence-corrected chi connectivity index (χ3v) is 9.78. The molecule has 1 unspecified atom stereocenters. The standard InChI is InChI=1S/C25H34NOP/c1-9-25(10-2,28-27)21-13-11-12-20(26-21)17-14-15-18-19(16-17)23(5,6)24(7,8)22(18,3)4/h11-16H,9-10H2,1-8H3/p+1. The van der Waals surface area contributed by atoms with E-state index in [0.29, 0.717) is 0 Å². The Hall–Kier alpha value is -1.53. The molecule has 1 heterocycles. The second-order valence-corrected chi connectivity index (χ2v) is 11.1. The van der Waals surface area contributed by atoms with Crippen LogP contribution in [0.3, 0.4) is 0 Å². The SMILES string of the molecule is CCC(CC)([PH+]=O)c1cccc(-c2ccc3c(c2)C(C)(C)C(C)(C)C3(C)C)n1. The maximum absolute atomic E-state index is 12.0. The lowest BCUT2D eigenvalue weighted by Crippen LogP contribution is -2.42. The summed E-state index contributed by atoms with van der Waals surface area (Å²) in [5, 5.41) is -0.337. The summed E-state index contributed by atoms with van der Waals surface area (Å²) >= 11 is 0. The Labute approximate surface area is 172 Å². The number of fused-ring (bicyclic) bond motifs is 1. The van der Waals surface area contributed by atoms with E-state index in [1.54, 1.807) is 0 Å². The van der Waals surface area contributed by atoms with Crippen molar-refractivity contribution in [2.45, 2.75) is 84.2 Å². The monoisotopic (exact) mass is 396 g/mol. The lowest BCUT2D eigenvalue weighted by Gasteiger charge is -2.44. The topological polar surface area (TPSA) is 30.0 Å². The number of benzene rings is 1. The lowest BCUT2D eigenvalue weighted by molar-refractivity contribution is 0.125. The highest BCUT2D eigenvalue weighted by molar-refractivity contribution is 7.25. The molecule has 1 atom stereocenters. The number of pyridine rings is 1. The van der Waals surface area contributed by atoms with E-state index >= 15 is 0 Å². The Morgan fingerprint density at radius 1 is 0.893 bits per heavy atom. The van der Waals surface area contributed by atoms with E-state index < -0.39 is 0 Å². The molecule has 0 bridgehead atoms. The first-order chi connectivity index (χ1) is 13.0. The van der Waals surface area contributed by atoms with E-state index in [-0.39, 0.29) is 29.9 Å². The molecule has 1 aliphatic carbocycles. The zero-order chi connectivity index (χ0) is 21.0. The van der Waals surface area contributed by atoms with Gasteiger partial charge in [-0.1, -0.05) is 78.2 Å². The fraction of sp³-hybridized carbons (Fsp3) is 0.560. The van der Waals surface area contributed by atoms with Crippen LogP contribution in [0, 0.1) is 5.41 Å². The molecule has 1 aliphatic rings. The molecule has 2 aromatic rings. The maximum Gasteiger partial charge on any atom is 0.337 e. The molecule has 1 aromatic heterocycles. The van der Waals surface area contributed by atoms with Crippen LogP contribution in [0.25, 0.3) is 11.3 Å². The van der Waals surface area contributed by atoms with Gasteiger partial charge in [0.05, 0.1) is 11.4 Å². The van der Waals surface area contributed by atoms with Crippen molar-refractivity contribution in [3.8, 4) is 11.3 Å². The summed E-state index contributed by atoms with van der Waals surface area (Å²) in [6.45, 7) is 18.4. The quantitative estimate of drug-likeness (QED) is 0.493. The largest absolute Gasteiger partial charge is 0.337 e. The molecule has 1 aromatic carbocycles. The van der Waals surface area contributed by atoms with Crippen LogP contribution in [0.1, 0.15) is 85.1 Å². The van der Waals surface area contributed by atoms with Crippen LogP contribution < -0.4 is 0 Å². The maximum atomic E-state index is 12.0. The summed E-state index contributed by atoms with van der Waals surface area (Å²) in [6, 6.07) is 13.0. The number of hydrogen-bond acceptors (Lipinski definition) is 2. The van der Waals surface area contributed by atoms with Gasteiger partial charge < -0.3 is 0 Å². The van der Waals surface area contributed by atoms with Gasteiger partial charge in [-0.2, -0.15) is 0 Å². The number of hydrogen-bond donors (Lipinski definition) is 0. The van der Waals surface area contributed by atoms with Crippen molar-refractivity contribution in [2.75, 3.05) is 0 Å². The van der Waals surface area contributed by atoms with E-state index in [1.165, 1.54) is 11.1 Å². The van der Waals surface area contributed by atoms with Gasteiger partial charge in [0.2, 0.25) is 5.16 Å². The highest BCUT2D eigenvalue weighted by Crippen LogP contribution is 2.61. The lowest BCUT2D eigenvalue weighted by atomic mass is 9.59. The average Bonchev–Trinajstić information content (AvgIpc) is 2.79. The van der Waals surface area contributed by atoms with Crippen molar-refractivity contribution in [1.29, 1.82) is 0 Å². The van der Waals surface area contributed by atoms with Gasteiger partial charge in [0.1, 0.15) is 0 Å². The minimum absolute atomic E-state index is 0.0758. The molecule has 0 fully saturated rings. The van der Waals surface area contributed by atoms with Crippen molar-refractivity contribution in [2.24, 2.45) is 5.41 Å². The number of rotatable bonds is 5. The third kappa shape index (κ3) is 2.71. The van der Waals surface area contributed by atoms with Crippen LogP contribution in [-0.4, -0.2) is 4.98 Å².